The molecule has 1 saturated heterocycles. The minimum absolute atomic E-state index is 0.209. The van der Waals surface area contributed by atoms with Crippen LogP contribution in [0.5, 0.6) is 5.75 Å². The van der Waals surface area contributed by atoms with E-state index in [1.807, 2.05) is 13.0 Å². The van der Waals surface area contributed by atoms with Crippen LogP contribution < -0.4 is 10.1 Å². The standard InChI is InChI=1S/C24H24F3N3O4S/c1-14-10-29-23(35-14)18-7-17(8-19(9-18)34-13-20-12-32-5-6-33-20)22(31)30-15(2)16-3-4-21(28-11-16)24(25,26)27/h3-4,7-11,15,20H,5-6,12-13H2,1-2H3,(H,30,31)/t15-,20+/m1/s1. The maximum Gasteiger partial charge on any atom is 0.433 e. The molecule has 1 aromatic carbocycles. The van der Waals surface area contributed by atoms with Crippen molar-refractivity contribution in [2.24, 2.45) is 0 Å². The van der Waals surface area contributed by atoms with Crippen molar-refractivity contribution in [3.63, 3.8) is 0 Å². The molecule has 0 aliphatic carbocycles. The van der Waals surface area contributed by atoms with Crippen LogP contribution in [0.3, 0.4) is 0 Å². The second-order valence-electron chi connectivity index (χ2n) is 8.07. The third-order valence-corrected chi connectivity index (χ3v) is 6.24. The monoisotopic (exact) mass is 507 g/mol. The van der Waals surface area contributed by atoms with Gasteiger partial charge >= 0.3 is 6.18 Å². The van der Waals surface area contributed by atoms with Crippen LogP contribution in [0.4, 0.5) is 13.2 Å². The number of amides is 1. The van der Waals surface area contributed by atoms with Crippen molar-refractivity contribution in [1.29, 1.82) is 0 Å². The number of nitrogens with one attached hydrogen (secondary N) is 1. The van der Waals surface area contributed by atoms with Crippen LogP contribution in [0, 0.1) is 6.92 Å². The SMILES string of the molecule is Cc1cnc(-c2cc(OC[C@@H]3COCCO3)cc(C(=O)N[C@H](C)c3ccc(C(F)(F)F)nc3)c2)s1. The normalized spacial score (nSPS) is 17.1. The predicted molar refractivity (Wildman–Crippen MR) is 123 cm³/mol. The molecule has 0 saturated carbocycles. The number of carbonyl (C=O) groups excluding carboxylic acids is 1. The first-order valence-electron chi connectivity index (χ1n) is 10.9. The highest BCUT2D eigenvalue weighted by Crippen LogP contribution is 2.31. The fourth-order valence-electron chi connectivity index (χ4n) is 3.44. The van der Waals surface area contributed by atoms with Crippen LogP contribution in [-0.2, 0) is 15.7 Å². The molecule has 3 heterocycles. The number of carbonyl (C=O) groups is 1. The van der Waals surface area contributed by atoms with Crippen molar-refractivity contribution in [3.05, 3.63) is 64.4 Å². The van der Waals surface area contributed by atoms with Crippen molar-refractivity contribution < 1.29 is 32.2 Å². The highest BCUT2D eigenvalue weighted by molar-refractivity contribution is 7.14. The van der Waals surface area contributed by atoms with Crippen LogP contribution in [0.25, 0.3) is 10.6 Å². The van der Waals surface area contributed by atoms with Crippen molar-refractivity contribution >= 4 is 17.2 Å². The minimum Gasteiger partial charge on any atom is -0.491 e. The van der Waals surface area contributed by atoms with E-state index in [0.717, 1.165) is 27.7 Å². The summed E-state index contributed by atoms with van der Waals surface area (Å²) in [6.07, 6.45) is -1.87. The summed E-state index contributed by atoms with van der Waals surface area (Å²) < 4.78 is 55.3. The second-order valence-corrected chi connectivity index (χ2v) is 9.31. The third-order valence-electron chi connectivity index (χ3n) is 5.28. The van der Waals surface area contributed by atoms with E-state index in [-0.39, 0.29) is 12.7 Å². The lowest BCUT2D eigenvalue weighted by Crippen LogP contribution is -2.33. The number of thiazole rings is 1. The minimum atomic E-state index is -4.52. The maximum absolute atomic E-state index is 13.1. The van der Waals surface area contributed by atoms with Gasteiger partial charge in [0.05, 0.1) is 25.9 Å². The lowest BCUT2D eigenvalue weighted by Gasteiger charge is -2.23. The highest BCUT2D eigenvalue weighted by atomic mass is 32.1. The molecule has 0 radical (unpaired) electrons. The molecule has 4 rings (SSSR count). The first-order valence-corrected chi connectivity index (χ1v) is 11.7. The fourth-order valence-corrected chi connectivity index (χ4v) is 4.19. The molecule has 1 fully saturated rings. The number of nitrogens with zero attached hydrogens (tertiary/aromatic N) is 2. The average molecular weight is 508 g/mol. The topological polar surface area (TPSA) is 82.6 Å². The number of hydrogen-bond donors (Lipinski definition) is 1. The van der Waals surface area contributed by atoms with Gasteiger partial charge in [0.2, 0.25) is 0 Å². The zero-order chi connectivity index (χ0) is 25.0. The Morgan fingerprint density at radius 3 is 2.69 bits per heavy atom. The van der Waals surface area contributed by atoms with E-state index < -0.39 is 23.8 Å². The highest BCUT2D eigenvalue weighted by Gasteiger charge is 2.32. The van der Waals surface area contributed by atoms with E-state index in [9.17, 15) is 18.0 Å². The largest absolute Gasteiger partial charge is 0.491 e. The number of benzene rings is 1. The van der Waals surface area contributed by atoms with Crippen LogP contribution in [-0.4, -0.2) is 48.4 Å². The van der Waals surface area contributed by atoms with E-state index in [4.69, 9.17) is 14.2 Å². The number of alkyl halides is 3. The summed E-state index contributed by atoms with van der Waals surface area (Å²) >= 11 is 1.49. The number of hydrogen-bond acceptors (Lipinski definition) is 7. The average Bonchev–Trinajstić information content (AvgIpc) is 3.29. The van der Waals surface area contributed by atoms with Gasteiger partial charge in [-0.25, -0.2) is 4.98 Å². The summed E-state index contributed by atoms with van der Waals surface area (Å²) in [5.41, 5.74) is 0.512. The molecule has 0 bridgehead atoms. The molecule has 7 nitrogen and oxygen atoms in total. The van der Waals surface area contributed by atoms with Gasteiger partial charge in [-0.15, -0.1) is 11.3 Å². The fraction of sp³-hybridized carbons (Fsp3) is 0.375. The Morgan fingerprint density at radius 2 is 2.06 bits per heavy atom. The Hall–Kier alpha value is -3.02. The summed E-state index contributed by atoms with van der Waals surface area (Å²) in [6.45, 7) is 5.35. The van der Waals surface area contributed by atoms with Crippen molar-refractivity contribution in [3.8, 4) is 16.3 Å². The van der Waals surface area contributed by atoms with Crippen LogP contribution in [0.1, 0.15) is 39.5 Å². The zero-order valence-electron chi connectivity index (χ0n) is 19.1. The molecule has 1 aliphatic heterocycles. The Bertz CT molecular complexity index is 1160. The smallest absolute Gasteiger partial charge is 0.433 e. The molecule has 0 spiro atoms. The lowest BCUT2D eigenvalue weighted by atomic mass is 10.1. The van der Waals surface area contributed by atoms with Gasteiger partial charge in [0, 0.05) is 28.4 Å². The summed E-state index contributed by atoms with van der Waals surface area (Å²) in [6, 6.07) is 6.75. The lowest BCUT2D eigenvalue weighted by molar-refractivity contribution is -0.141. The summed E-state index contributed by atoms with van der Waals surface area (Å²) in [5.74, 6) is 0.0631. The Kier molecular flexibility index (Phi) is 7.68. The molecule has 2 aromatic heterocycles. The molecule has 35 heavy (non-hydrogen) atoms. The van der Waals surface area contributed by atoms with E-state index >= 15 is 0 Å². The second kappa shape index (κ2) is 10.7. The molecular formula is C24H24F3N3O4S. The van der Waals surface area contributed by atoms with E-state index in [1.54, 1.807) is 25.3 Å². The van der Waals surface area contributed by atoms with E-state index in [1.165, 1.54) is 17.4 Å². The van der Waals surface area contributed by atoms with Crippen molar-refractivity contribution in [2.75, 3.05) is 26.4 Å². The molecule has 1 aliphatic rings. The molecule has 1 amide bonds. The molecular weight excluding hydrogens is 483 g/mol. The number of ether oxygens (including phenoxy) is 3. The summed E-state index contributed by atoms with van der Waals surface area (Å²) in [5, 5.41) is 3.55. The van der Waals surface area contributed by atoms with Gasteiger partial charge in [0.1, 0.15) is 29.2 Å². The van der Waals surface area contributed by atoms with Gasteiger partial charge in [-0.2, -0.15) is 13.2 Å². The number of aromatic nitrogens is 2. The van der Waals surface area contributed by atoms with Gasteiger partial charge in [-0.1, -0.05) is 6.07 Å². The van der Waals surface area contributed by atoms with E-state index in [0.29, 0.717) is 36.7 Å². The van der Waals surface area contributed by atoms with Crippen LogP contribution in [0.15, 0.2) is 42.7 Å². The van der Waals surface area contributed by atoms with Gasteiger partial charge in [0.25, 0.3) is 5.91 Å². The number of rotatable bonds is 7. The molecule has 1 N–H and O–H groups in total. The molecule has 11 heteroatoms. The zero-order valence-corrected chi connectivity index (χ0v) is 19.9. The Labute approximate surface area is 204 Å². The van der Waals surface area contributed by atoms with Gasteiger partial charge < -0.3 is 19.5 Å². The Balaban J connectivity index is 1.52. The molecule has 2 atom stereocenters. The maximum atomic E-state index is 13.1. The van der Waals surface area contributed by atoms with Gasteiger partial charge in [0.15, 0.2) is 0 Å². The number of aryl methyl sites for hydroxylation is 1. The number of pyridine rings is 1. The van der Waals surface area contributed by atoms with Gasteiger partial charge in [-0.3, -0.25) is 9.78 Å². The summed E-state index contributed by atoms with van der Waals surface area (Å²) in [4.78, 5) is 22.0. The molecule has 186 valence electrons. The Morgan fingerprint density at radius 1 is 1.23 bits per heavy atom. The van der Waals surface area contributed by atoms with E-state index in [2.05, 4.69) is 15.3 Å². The first-order chi connectivity index (χ1) is 16.7. The summed E-state index contributed by atoms with van der Waals surface area (Å²) in [7, 11) is 0. The molecule has 3 aromatic rings. The first kappa shape index (κ1) is 25.1. The van der Waals surface area contributed by atoms with Crippen LogP contribution >= 0.6 is 11.3 Å². The van der Waals surface area contributed by atoms with Crippen molar-refractivity contribution in [2.45, 2.75) is 32.2 Å². The quantitative estimate of drug-likeness (QED) is 0.494. The third kappa shape index (κ3) is 6.56. The van der Waals surface area contributed by atoms with Gasteiger partial charge in [-0.05, 0) is 43.7 Å². The van der Waals surface area contributed by atoms with Crippen LogP contribution in [0.2, 0.25) is 0 Å². The molecule has 0 unspecified atom stereocenters. The van der Waals surface area contributed by atoms with Crippen molar-refractivity contribution in [1.82, 2.24) is 15.3 Å². The number of halogens is 3. The predicted octanol–water partition coefficient (Wildman–Crippen LogP) is 4.82.